The van der Waals surface area contributed by atoms with Crippen molar-refractivity contribution in [2.45, 2.75) is 92.4 Å². The molecule has 2 aliphatic heterocycles. The van der Waals surface area contributed by atoms with Crippen LogP contribution in [0.1, 0.15) is 139 Å². The zero-order valence-electron chi connectivity index (χ0n) is 45.7. The molecule has 0 saturated carbocycles. The first kappa shape index (κ1) is 58.0. The van der Waals surface area contributed by atoms with Crippen LogP contribution < -0.4 is 21.7 Å². The minimum Gasteiger partial charge on any atom is -0.396 e. The highest BCUT2D eigenvalue weighted by atomic mass is 35.5. The van der Waals surface area contributed by atoms with Gasteiger partial charge in [-0.2, -0.15) is 10.2 Å². The molecule has 8 aromatic rings. The standard InChI is InChI=1S/C30H31FN6O3.C27H27FN6O2.C3H5ClO/c1-4-26(38)34-25-14-20(10-11-23(25)31)16-37-28-19(3)15-36(30(40)24-9-6-12-32-24)17-22(28)27(35-37)29(39)33-21-8-5-7-18(2)13-21;1-16-5-3-6-19(11-16)31-26(35)24-20-15-33(27(36)23-7-4-10-30-23)13-17(2)25(20)34(32-24)14-18-8-9-21(28)22(29)12-18;1-2-3(4)5/h5-14,19,32H,4,15-17H2,1-3H3,(H,33,39)(H,34,38);3-12,17,30H,13-15,29H2,1-2H3,(H,31,35);2H2,1H3. The Bertz CT molecular complexity index is 3610. The van der Waals surface area contributed by atoms with Crippen molar-refractivity contribution in [2.75, 3.05) is 34.8 Å². The summed E-state index contributed by atoms with van der Waals surface area (Å²) < 4.78 is 31.6. The lowest BCUT2D eigenvalue weighted by atomic mass is 9.95. The van der Waals surface area contributed by atoms with Gasteiger partial charge in [0.05, 0.1) is 37.6 Å². The van der Waals surface area contributed by atoms with E-state index >= 15 is 0 Å². The van der Waals surface area contributed by atoms with Crippen molar-refractivity contribution in [2.24, 2.45) is 0 Å². The molecular formula is C60H63ClF2N12O6. The van der Waals surface area contributed by atoms with E-state index in [0.717, 1.165) is 28.1 Å². The number of carbonyl (C=O) groups excluding carboxylic acids is 6. The maximum absolute atomic E-state index is 14.4. The highest BCUT2D eigenvalue weighted by molar-refractivity contribution is 6.63. The predicted molar refractivity (Wildman–Crippen MR) is 306 cm³/mol. The molecule has 4 aromatic heterocycles. The van der Waals surface area contributed by atoms with Crippen LogP contribution in [0.3, 0.4) is 0 Å². The van der Waals surface area contributed by atoms with E-state index < -0.39 is 11.6 Å². The van der Waals surface area contributed by atoms with Gasteiger partial charge in [-0.15, -0.1) is 0 Å². The minimum atomic E-state index is -0.530. The van der Waals surface area contributed by atoms with E-state index in [9.17, 15) is 37.5 Å². The Morgan fingerprint density at radius 1 is 0.617 bits per heavy atom. The predicted octanol–water partition coefficient (Wildman–Crippen LogP) is 10.5. The molecule has 4 aromatic carbocycles. The van der Waals surface area contributed by atoms with Crippen LogP contribution >= 0.6 is 11.6 Å². The van der Waals surface area contributed by atoms with E-state index in [4.69, 9.17) is 22.4 Å². The molecule has 6 heterocycles. The third kappa shape index (κ3) is 14.0. The molecule has 5 amide bonds. The number of anilines is 4. The van der Waals surface area contributed by atoms with Gasteiger partial charge in [-0.05, 0) is 120 Å². The van der Waals surface area contributed by atoms with Crippen molar-refractivity contribution in [3.05, 3.63) is 201 Å². The molecule has 2 atom stereocenters. The third-order valence-electron chi connectivity index (χ3n) is 13.6. The van der Waals surface area contributed by atoms with Gasteiger partial charge in [-0.25, -0.2) is 8.78 Å². The van der Waals surface area contributed by atoms with Gasteiger partial charge in [-0.3, -0.25) is 38.1 Å². The Kier molecular flexibility index (Phi) is 18.4. The van der Waals surface area contributed by atoms with Crippen LogP contribution in [0.2, 0.25) is 0 Å². The molecule has 0 radical (unpaired) electrons. The zero-order valence-corrected chi connectivity index (χ0v) is 46.5. The topological polar surface area (TPSA) is 238 Å². The van der Waals surface area contributed by atoms with E-state index in [0.29, 0.717) is 65.5 Å². The van der Waals surface area contributed by atoms with E-state index in [1.54, 1.807) is 93.9 Å². The van der Waals surface area contributed by atoms with Crippen molar-refractivity contribution in [1.82, 2.24) is 39.3 Å². The first-order valence-corrected chi connectivity index (χ1v) is 26.8. The number of nitrogens with one attached hydrogen (secondary N) is 5. The molecule has 0 saturated heterocycles. The van der Waals surface area contributed by atoms with Gasteiger partial charge in [0.25, 0.3) is 23.6 Å². The van der Waals surface area contributed by atoms with Gasteiger partial charge in [0.2, 0.25) is 11.1 Å². The number of benzene rings is 4. The Labute approximate surface area is 472 Å². The van der Waals surface area contributed by atoms with Crippen LogP contribution in [0.15, 0.2) is 122 Å². The second-order valence-corrected chi connectivity index (χ2v) is 20.4. The number of aryl methyl sites for hydroxylation is 2. The zero-order chi connectivity index (χ0) is 58.1. The van der Waals surface area contributed by atoms with Crippen LogP contribution in [0.5, 0.6) is 0 Å². The Balaban J connectivity index is 0.000000197. The summed E-state index contributed by atoms with van der Waals surface area (Å²) in [6.07, 6.45) is 4.07. The largest absolute Gasteiger partial charge is 0.396 e. The number of nitrogens with zero attached hydrogens (tertiary/aromatic N) is 6. The summed E-state index contributed by atoms with van der Waals surface area (Å²) in [7, 11) is 0. The first-order chi connectivity index (χ1) is 38.8. The molecular weight excluding hydrogens is 1060 g/mol. The lowest BCUT2D eigenvalue weighted by molar-refractivity contribution is -0.116. The molecule has 18 nitrogen and oxygen atoms in total. The number of nitrogens with two attached hydrogens (primary N) is 1. The molecule has 81 heavy (non-hydrogen) atoms. The molecule has 0 bridgehead atoms. The summed E-state index contributed by atoms with van der Waals surface area (Å²) in [6, 6.07) is 31.1. The second kappa shape index (κ2) is 25.7. The number of hydrogen-bond donors (Lipinski definition) is 6. The maximum atomic E-state index is 14.4. The van der Waals surface area contributed by atoms with Crippen LogP contribution in [-0.2, 0) is 35.8 Å². The smallest absolute Gasteiger partial charge is 0.276 e. The Hall–Kier alpha value is -9.17. The molecule has 0 aliphatic carbocycles. The Morgan fingerprint density at radius 2 is 1.07 bits per heavy atom. The highest BCUT2D eigenvalue weighted by Crippen LogP contribution is 2.35. The molecule has 2 unspecified atom stereocenters. The molecule has 0 fully saturated rings. The lowest BCUT2D eigenvalue weighted by Crippen LogP contribution is -2.38. The first-order valence-electron chi connectivity index (χ1n) is 26.4. The van der Waals surface area contributed by atoms with Crippen molar-refractivity contribution < 1.29 is 37.5 Å². The second-order valence-electron chi connectivity index (χ2n) is 20.0. The molecule has 21 heteroatoms. The van der Waals surface area contributed by atoms with Gasteiger partial charge < -0.3 is 41.5 Å². The number of rotatable bonds is 13. The van der Waals surface area contributed by atoms with Crippen molar-refractivity contribution >= 4 is 69.1 Å². The van der Waals surface area contributed by atoms with Crippen LogP contribution in [0.25, 0.3) is 0 Å². The Morgan fingerprint density at radius 3 is 1.48 bits per heavy atom. The molecule has 10 rings (SSSR count). The number of halogens is 3. The van der Waals surface area contributed by atoms with E-state index in [1.807, 2.05) is 76.2 Å². The van der Waals surface area contributed by atoms with Gasteiger partial charge in [0.15, 0.2) is 11.4 Å². The van der Waals surface area contributed by atoms with Gasteiger partial charge in [0.1, 0.15) is 23.0 Å². The number of aromatic amines is 2. The fourth-order valence-corrected chi connectivity index (χ4v) is 9.84. The average molecular weight is 1120 g/mol. The number of H-pyrrole nitrogens is 2. The average Bonchev–Trinajstić information content (AvgIpc) is 4.30. The van der Waals surface area contributed by atoms with Crippen molar-refractivity contribution in [3.63, 3.8) is 0 Å². The summed E-state index contributed by atoms with van der Waals surface area (Å²) in [4.78, 5) is 84.1. The maximum Gasteiger partial charge on any atom is 0.276 e. The van der Waals surface area contributed by atoms with E-state index in [2.05, 4.69) is 31.0 Å². The van der Waals surface area contributed by atoms with Crippen molar-refractivity contribution in [3.8, 4) is 0 Å². The molecule has 0 spiro atoms. The summed E-state index contributed by atoms with van der Waals surface area (Å²) in [5.41, 5.74) is 15.3. The highest BCUT2D eigenvalue weighted by Gasteiger charge is 2.36. The van der Waals surface area contributed by atoms with Crippen LogP contribution in [-0.4, -0.2) is 87.2 Å². The number of amides is 5. The van der Waals surface area contributed by atoms with E-state index in [-0.39, 0.29) is 95.4 Å². The number of carbonyl (C=O) groups is 6. The normalized spacial score (nSPS) is 14.3. The lowest BCUT2D eigenvalue weighted by Gasteiger charge is -2.32. The van der Waals surface area contributed by atoms with Gasteiger partial charge >= 0.3 is 0 Å². The number of hydrogen-bond acceptors (Lipinski definition) is 9. The number of fused-ring (bicyclic) bond motifs is 2. The van der Waals surface area contributed by atoms with Crippen molar-refractivity contribution in [1.29, 1.82) is 0 Å². The van der Waals surface area contributed by atoms with E-state index in [1.165, 1.54) is 12.1 Å². The summed E-state index contributed by atoms with van der Waals surface area (Å²) >= 11 is 4.82. The fraction of sp³-hybridized carbons (Fsp3) is 0.267. The van der Waals surface area contributed by atoms with Gasteiger partial charge in [-0.1, -0.05) is 64.1 Å². The minimum absolute atomic E-state index is 0.0571. The third-order valence-corrected chi connectivity index (χ3v) is 13.9. The fourth-order valence-electron chi connectivity index (χ4n) is 9.84. The van der Waals surface area contributed by atoms with Gasteiger partial charge in [0, 0.05) is 84.1 Å². The number of aromatic nitrogens is 6. The molecule has 420 valence electrons. The summed E-state index contributed by atoms with van der Waals surface area (Å²) in [5.74, 6) is -2.54. The summed E-state index contributed by atoms with van der Waals surface area (Å²) in [6.45, 7) is 13.3. The van der Waals surface area contributed by atoms with Crippen LogP contribution in [0, 0.1) is 25.5 Å². The monoisotopic (exact) mass is 1120 g/mol. The summed E-state index contributed by atoms with van der Waals surface area (Å²) in [5, 5.41) is 17.6. The molecule has 7 N–H and O–H groups in total. The number of nitrogen functional groups attached to an aromatic ring is 1. The van der Waals surface area contributed by atoms with Crippen LogP contribution in [0.4, 0.5) is 31.5 Å². The molecule has 2 aliphatic rings. The SMILES string of the molecule is CCC(=O)Cl.CCC(=O)Nc1cc(Cn2nc(C(=O)Nc3cccc(C)c3)c3c2C(C)CN(C(=O)c2ccc[nH]2)C3)ccc1F.Cc1cccc(NC(=O)c2nn(Cc3ccc(F)c(N)c3)c3c2CN(C(=O)c2ccc[nH]2)CC3C)c1. The quantitative estimate of drug-likeness (QED) is 0.0475.